The molecule has 0 fully saturated rings. The molecule has 0 aliphatic carbocycles. The van der Waals surface area contributed by atoms with E-state index in [1.165, 1.54) is 42.5 Å². The lowest BCUT2D eigenvalue weighted by atomic mass is 10.2. The van der Waals surface area contributed by atoms with Crippen molar-refractivity contribution in [1.29, 1.82) is 5.26 Å². The fourth-order valence-electron chi connectivity index (χ4n) is 2.20. The van der Waals surface area contributed by atoms with E-state index >= 15 is 0 Å². The molecule has 0 atom stereocenters. The van der Waals surface area contributed by atoms with E-state index in [0.29, 0.717) is 0 Å². The molecule has 0 heterocycles. The third kappa shape index (κ3) is 6.87. The van der Waals surface area contributed by atoms with Crippen molar-refractivity contribution in [1.82, 2.24) is 0 Å². The van der Waals surface area contributed by atoms with Gasteiger partial charge in [-0.1, -0.05) is 23.7 Å². The molecule has 0 unspecified atom stereocenters. The van der Waals surface area contributed by atoms with Crippen molar-refractivity contribution in [3.05, 3.63) is 70.9 Å². The summed E-state index contributed by atoms with van der Waals surface area (Å²) in [5.41, 5.74) is 0.261. The van der Waals surface area contributed by atoms with Gasteiger partial charge in [-0.3, -0.25) is 9.59 Å². The average molecular weight is 452 g/mol. The van der Waals surface area contributed by atoms with E-state index in [1.807, 2.05) is 6.07 Å². The number of nitrogens with one attached hydrogen (secondary N) is 2. The van der Waals surface area contributed by atoms with Crippen LogP contribution in [0.15, 0.2) is 54.7 Å². The lowest BCUT2D eigenvalue weighted by Gasteiger charge is -2.10. The van der Waals surface area contributed by atoms with Crippen molar-refractivity contribution in [3.63, 3.8) is 0 Å². The highest BCUT2D eigenvalue weighted by Gasteiger charge is 2.36. The first-order valence-corrected chi connectivity index (χ1v) is 8.79. The van der Waals surface area contributed by atoms with E-state index in [2.05, 4.69) is 10.6 Å². The minimum absolute atomic E-state index is 0.0562. The number of halogens is 4. The molecule has 0 aliphatic heterocycles. The number of carbonyl (C=O) groups excluding carboxylic acids is 3. The Morgan fingerprint density at radius 1 is 1.13 bits per heavy atom. The minimum atomic E-state index is -5.02. The summed E-state index contributed by atoms with van der Waals surface area (Å²) in [5, 5.41) is 14.1. The van der Waals surface area contributed by atoms with Crippen molar-refractivity contribution >= 4 is 40.6 Å². The molecular weight excluding hydrogens is 439 g/mol. The van der Waals surface area contributed by atoms with Crippen LogP contribution in [-0.2, 0) is 14.3 Å². The van der Waals surface area contributed by atoms with Crippen LogP contribution in [0.5, 0.6) is 0 Å². The highest BCUT2D eigenvalue weighted by atomic mass is 35.5. The van der Waals surface area contributed by atoms with Gasteiger partial charge in [0.15, 0.2) is 6.61 Å². The van der Waals surface area contributed by atoms with Gasteiger partial charge in [-0.15, -0.1) is 0 Å². The lowest BCUT2D eigenvalue weighted by molar-refractivity contribution is -0.165. The predicted octanol–water partition coefficient (Wildman–Crippen LogP) is 4.06. The van der Waals surface area contributed by atoms with Crippen LogP contribution in [0, 0.1) is 11.3 Å². The number of allylic oxidation sites excluding steroid dienone is 1. The van der Waals surface area contributed by atoms with E-state index in [9.17, 15) is 27.6 Å². The minimum Gasteiger partial charge on any atom is -0.452 e. The average Bonchev–Trinajstić information content (AvgIpc) is 2.72. The molecule has 2 aromatic carbocycles. The Bertz CT molecular complexity index is 1080. The number of amides is 1. The number of carbonyl (C=O) groups is 3. The normalized spacial score (nSPS) is 10.9. The van der Waals surface area contributed by atoms with Gasteiger partial charge in [-0.25, -0.2) is 4.79 Å². The Kier molecular flexibility index (Phi) is 7.76. The Hall–Kier alpha value is -3.84. The van der Waals surface area contributed by atoms with Crippen molar-refractivity contribution in [2.24, 2.45) is 0 Å². The highest BCUT2D eigenvalue weighted by molar-refractivity contribution is 6.31. The second-order valence-electron chi connectivity index (χ2n) is 5.81. The van der Waals surface area contributed by atoms with Crippen LogP contribution in [0.4, 0.5) is 24.5 Å². The number of rotatable bonds is 7. The first-order chi connectivity index (χ1) is 14.6. The summed E-state index contributed by atoms with van der Waals surface area (Å²) in [6.07, 6.45) is -4.01. The van der Waals surface area contributed by atoms with Crippen LogP contribution >= 0.6 is 11.6 Å². The molecule has 0 bridgehead atoms. The SMILES string of the molecule is N#Cc1ccc(Cl)cc1NC(=O)COC(=O)c1ccccc1NC=CC(=O)C(F)(F)F. The number of nitriles is 1. The molecule has 2 N–H and O–H groups in total. The Balaban J connectivity index is 2.01. The van der Waals surface area contributed by atoms with E-state index in [-0.39, 0.29) is 33.6 Å². The fraction of sp³-hybridized carbons (Fsp3) is 0.100. The van der Waals surface area contributed by atoms with Gasteiger partial charge in [0.25, 0.3) is 11.7 Å². The summed E-state index contributed by atoms with van der Waals surface area (Å²) in [6.45, 7) is -0.701. The number of para-hydroxylation sites is 1. The van der Waals surface area contributed by atoms with Gasteiger partial charge in [0.1, 0.15) is 6.07 Å². The van der Waals surface area contributed by atoms with Gasteiger partial charge in [-0.2, -0.15) is 18.4 Å². The van der Waals surface area contributed by atoms with Crippen LogP contribution in [0.3, 0.4) is 0 Å². The maximum absolute atomic E-state index is 12.3. The number of anilines is 2. The number of esters is 1. The number of ketones is 1. The molecule has 0 spiro atoms. The number of benzene rings is 2. The number of hydrogen-bond donors (Lipinski definition) is 2. The van der Waals surface area contributed by atoms with Gasteiger partial charge in [0, 0.05) is 17.3 Å². The number of alkyl halides is 3. The molecule has 0 saturated carbocycles. The van der Waals surface area contributed by atoms with Crippen LogP contribution in [0.1, 0.15) is 15.9 Å². The molecular formula is C20H13ClF3N3O4. The molecule has 0 radical (unpaired) electrons. The molecule has 7 nitrogen and oxygen atoms in total. The van der Waals surface area contributed by atoms with Gasteiger partial charge < -0.3 is 15.4 Å². The van der Waals surface area contributed by atoms with E-state index in [1.54, 1.807) is 0 Å². The van der Waals surface area contributed by atoms with Gasteiger partial charge in [0.05, 0.1) is 22.5 Å². The van der Waals surface area contributed by atoms with Crippen LogP contribution in [0.2, 0.25) is 5.02 Å². The summed E-state index contributed by atoms with van der Waals surface area (Å²) in [7, 11) is 0. The van der Waals surface area contributed by atoms with E-state index < -0.39 is 30.4 Å². The van der Waals surface area contributed by atoms with E-state index in [0.717, 1.165) is 6.20 Å². The van der Waals surface area contributed by atoms with Crippen LogP contribution in [-0.4, -0.2) is 30.4 Å². The van der Waals surface area contributed by atoms with Gasteiger partial charge >= 0.3 is 12.1 Å². The summed E-state index contributed by atoms with van der Waals surface area (Å²) in [5.74, 6) is -3.76. The molecule has 2 aromatic rings. The zero-order valence-electron chi connectivity index (χ0n) is 15.5. The third-order valence-electron chi connectivity index (χ3n) is 3.61. The number of nitrogens with zero attached hydrogens (tertiary/aromatic N) is 1. The topological polar surface area (TPSA) is 108 Å². The Morgan fingerprint density at radius 3 is 2.52 bits per heavy atom. The summed E-state index contributed by atoms with van der Waals surface area (Å²) in [6, 6.07) is 11.7. The smallest absolute Gasteiger partial charge is 0.452 e. The van der Waals surface area contributed by atoms with Crippen molar-refractivity contribution in [3.8, 4) is 6.07 Å². The molecule has 11 heteroatoms. The second kappa shape index (κ2) is 10.3. The van der Waals surface area contributed by atoms with Gasteiger partial charge in [-0.05, 0) is 30.3 Å². The van der Waals surface area contributed by atoms with Gasteiger partial charge in [0.2, 0.25) is 0 Å². The highest BCUT2D eigenvalue weighted by Crippen LogP contribution is 2.21. The summed E-state index contributed by atoms with van der Waals surface area (Å²) < 4.78 is 41.6. The molecule has 0 saturated heterocycles. The standard InChI is InChI=1S/C20H13ClF3N3O4/c21-13-6-5-12(10-25)16(9-13)27-18(29)11-31-19(30)14-3-1-2-4-15(14)26-8-7-17(28)20(22,23)24/h1-9,26H,11H2,(H,27,29). The van der Waals surface area contributed by atoms with E-state index in [4.69, 9.17) is 21.6 Å². The van der Waals surface area contributed by atoms with Crippen molar-refractivity contribution < 1.29 is 32.3 Å². The first-order valence-electron chi connectivity index (χ1n) is 8.41. The maximum atomic E-state index is 12.3. The predicted molar refractivity (Wildman–Crippen MR) is 105 cm³/mol. The zero-order chi connectivity index (χ0) is 23.0. The molecule has 160 valence electrons. The van der Waals surface area contributed by atoms with Crippen molar-refractivity contribution in [2.45, 2.75) is 6.18 Å². The summed E-state index contributed by atoms with van der Waals surface area (Å²) >= 11 is 5.83. The molecule has 1 amide bonds. The second-order valence-corrected chi connectivity index (χ2v) is 6.25. The third-order valence-corrected chi connectivity index (χ3v) is 3.85. The monoisotopic (exact) mass is 451 g/mol. The van der Waals surface area contributed by atoms with Crippen molar-refractivity contribution in [2.75, 3.05) is 17.2 Å². The largest absolute Gasteiger partial charge is 0.454 e. The Morgan fingerprint density at radius 2 is 1.84 bits per heavy atom. The molecule has 0 aromatic heterocycles. The van der Waals surface area contributed by atoms with Crippen LogP contribution < -0.4 is 10.6 Å². The van der Waals surface area contributed by atoms with Crippen LogP contribution in [0.25, 0.3) is 0 Å². The fourth-order valence-corrected chi connectivity index (χ4v) is 2.37. The first kappa shape index (κ1) is 23.4. The summed E-state index contributed by atoms with van der Waals surface area (Å²) in [4.78, 5) is 35.2. The lowest BCUT2D eigenvalue weighted by Crippen LogP contribution is -2.22. The number of ether oxygens (including phenoxy) is 1. The molecule has 2 rings (SSSR count). The number of hydrogen-bond acceptors (Lipinski definition) is 6. The maximum Gasteiger partial charge on any atom is 0.454 e. The quantitative estimate of drug-likeness (QED) is 0.485. The molecule has 0 aliphatic rings. The Labute approximate surface area is 179 Å². The zero-order valence-corrected chi connectivity index (χ0v) is 16.3. The molecule has 31 heavy (non-hydrogen) atoms.